The van der Waals surface area contributed by atoms with Gasteiger partial charge in [0.25, 0.3) is 0 Å². The number of hydrogen-bond donors (Lipinski definition) is 1. The molecule has 0 aliphatic heterocycles. The van der Waals surface area contributed by atoms with Crippen LogP contribution in [0.1, 0.15) is 31.4 Å². The average molecular weight is 250 g/mol. The Balaban J connectivity index is 2.83. The summed E-state index contributed by atoms with van der Waals surface area (Å²) < 4.78 is 13.0. The van der Waals surface area contributed by atoms with Crippen molar-refractivity contribution >= 4 is 0 Å². The summed E-state index contributed by atoms with van der Waals surface area (Å²) in [4.78, 5) is 2.16. The number of benzene rings is 1. The van der Waals surface area contributed by atoms with Crippen LogP contribution in [-0.2, 0) is 6.54 Å². The van der Waals surface area contributed by atoms with Crippen LogP contribution in [0.15, 0.2) is 18.2 Å². The van der Waals surface area contributed by atoms with Gasteiger partial charge in [-0.25, -0.2) is 4.39 Å². The van der Waals surface area contributed by atoms with Crippen LogP contribution in [-0.4, -0.2) is 29.2 Å². The lowest BCUT2D eigenvalue weighted by molar-refractivity contribution is 0.184. The molecule has 1 aromatic carbocycles. The van der Waals surface area contributed by atoms with Gasteiger partial charge < -0.3 is 5.11 Å². The van der Waals surface area contributed by atoms with E-state index in [2.05, 4.69) is 18.7 Å². The Kier molecular flexibility index (Phi) is 5.76. The monoisotopic (exact) mass is 250 g/mol. The van der Waals surface area contributed by atoms with E-state index >= 15 is 0 Å². The second kappa shape index (κ2) is 7.10. The van der Waals surface area contributed by atoms with Gasteiger partial charge in [-0.15, -0.1) is 0 Å². The van der Waals surface area contributed by atoms with E-state index in [-0.39, 0.29) is 12.4 Å². The van der Waals surface area contributed by atoms with Crippen molar-refractivity contribution in [3.8, 4) is 6.07 Å². The minimum atomic E-state index is -0.387. The molecule has 18 heavy (non-hydrogen) atoms. The first-order valence-electron chi connectivity index (χ1n) is 6.12. The predicted molar refractivity (Wildman–Crippen MR) is 68.4 cm³/mol. The molecule has 0 fully saturated rings. The summed E-state index contributed by atoms with van der Waals surface area (Å²) in [5, 5.41) is 17.9. The Morgan fingerprint density at radius 1 is 1.44 bits per heavy atom. The standard InChI is InChI=1S/C14H19FN2O/c1-11(2)17(6-3-7-18)10-12-4-5-14(15)8-13(12)9-16/h4-5,8,11,18H,3,6-7,10H2,1-2H3. The topological polar surface area (TPSA) is 47.3 Å². The molecule has 1 aromatic rings. The largest absolute Gasteiger partial charge is 0.396 e. The molecule has 0 saturated carbocycles. The van der Waals surface area contributed by atoms with E-state index in [9.17, 15) is 4.39 Å². The highest BCUT2D eigenvalue weighted by Gasteiger charge is 2.12. The van der Waals surface area contributed by atoms with Gasteiger partial charge in [0, 0.05) is 25.7 Å². The van der Waals surface area contributed by atoms with Crippen molar-refractivity contribution in [1.29, 1.82) is 5.26 Å². The molecule has 1 rings (SSSR count). The van der Waals surface area contributed by atoms with Crippen molar-refractivity contribution in [2.45, 2.75) is 32.9 Å². The highest BCUT2D eigenvalue weighted by atomic mass is 19.1. The maximum atomic E-state index is 13.0. The van der Waals surface area contributed by atoms with E-state index in [4.69, 9.17) is 10.4 Å². The fraction of sp³-hybridized carbons (Fsp3) is 0.500. The molecule has 0 heterocycles. The number of halogens is 1. The molecule has 0 aliphatic rings. The summed E-state index contributed by atoms with van der Waals surface area (Å²) in [5.41, 5.74) is 1.20. The fourth-order valence-corrected chi connectivity index (χ4v) is 1.80. The number of nitriles is 1. The first-order valence-corrected chi connectivity index (χ1v) is 6.12. The van der Waals surface area contributed by atoms with Crippen LogP contribution in [0.25, 0.3) is 0 Å². The van der Waals surface area contributed by atoms with Gasteiger partial charge in [0.2, 0.25) is 0 Å². The Morgan fingerprint density at radius 3 is 2.72 bits per heavy atom. The van der Waals surface area contributed by atoms with E-state index in [0.29, 0.717) is 24.6 Å². The van der Waals surface area contributed by atoms with Crippen LogP contribution in [0.4, 0.5) is 4.39 Å². The summed E-state index contributed by atoms with van der Waals surface area (Å²) in [6.45, 7) is 5.63. The third-order valence-corrected chi connectivity index (χ3v) is 2.90. The Morgan fingerprint density at radius 2 is 2.17 bits per heavy atom. The second-order valence-corrected chi connectivity index (χ2v) is 4.55. The van der Waals surface area contributed by atoms with Crippen LogP contribution >= 0.6 is 0 Å². The smallest absolute Gasteiger partial charge is 0.124 e. The van der Waals surface area contributed by atoms with Crippen molar-refractivity contribution in [2.75, 3.05) is 13.2 Å². The molecule has 0 unspecified atom stereocenters. The summed E-state index contributed by atoms with van der Waals surface area (Å²) in [6, 6.07) is 6.63. The highest BCUT2D eigenvalue weighted by molar-refractivity contribution is 5.37. The molecule has 1 N–H and O–H groups in total. The molecule has 0 aromatic heterocycles. The molecule has 0 aliphatic carbocycles. The van der Waals surface area contributed by atoms with Crippen molar-refractivity contribution in [2.24, 2.45) is 0 Å². The Labute approximate surface area is 107 Å². The van der Waals surface area contributed by atoms with E-state index in [0.717, 1.165) is 12.1 Å². The zero-order valence-electron chi connectivity index (χ0n) is 10.9. The third-order valence-electron chi connectivity index (χ3n) is 2.90. The average Bonchev–Trinajstić information content (AvgIpc) is 2.35. The minimum absolute atomic E-state index is 0.151. The van der Waals surface area contributed by atoms with Gasteiger partial charge in [-0.05, 0) is 38.0 Å². The molecule has 0 spiro atoms. The van der Waals surface area contributed by atoms with E-state index in [1.54, 1.807) is 6.07 Å². The van der Waals surface area contributed by atoms with E-state index in [1.807, 2.05) is 6.07 Å². The molecular formula is C14H19FN2O. The summed E-state index contributed by atoms with van der Waals surface area (Å²) in [5.74, 6) is -0.387. The van der Waals surface area contributed by atoms with Gasteiger partial charge in [0.15, 0.2) is 0 Å². The van der Waals surface area contributed by atoms with Crippen LogP contribution < -0.4 is 0 Å². The number of rotatable bonds is 6. The van der Waals surface area contributed by atoms with Crippen molar-refractivity contribution in [3.05, 3.63) is 35.1 Å². The second-order valence-electron chi connectivity index (χ2n) is 4.55. The molecular weight excluding hydrogens is 231 g/mol. The van der Waals surface area contributed by atoms with Crippen LogP contribution in [0.5, 0.6) is 0 Å². The quantitative estimate of drug-likeness (QED) is 0.842. The zero-order chi connectivity index (χ0) is 13.5. The lowest BCUT2D eigenvalue weighted by Gasteiger charge is -2.26. The van der Waals surface area contributed by atoms with Crippen molar-refractivity contribution in [1.82, 2.24) is 4.90 Å². The van der Waals surface area contributed by atoms with Crippen LogP contribution in [0.2, 0.25) is 0 Å². The zero-order valence-corrected chi connectivity index (χ0v) is 10.9. The van der Waals surface area contributed by atoms with Gasteiger partial charge >= 0.3 is 0 Å². The van der Waals surface area contributed by atoms with Crippen molar-refractivity contribution in [3.63, 3.8) is 0 Å². The summed E-state index contributed by atoms with van der Waals surface area (Å²) in [7, 11) is 0. The number of aliphatic hydroxyl groups is 1. The van der Waals surface area contributed by atoms with Crippen LogP contribution in [0, 0.1) is 17.1 Å². The fourth-order valence-electron chi connectivity index (χ4n) is 1.80. The number of hydrogen-bond acceptors (Lipinski definition) is 3. The molecule has 0 radical (unpaired) electrons. The normalized spacial score (nSPS) is 10.9. The molecule has 0 amide bonds. The van der Waals surface area contributed by atoms with E-state index < -0.39 is 0 Å². The SMILES string of the molecule is CC(C)N(CCCO)Cc1ccc(F)cc1C#N. The maximum Gasteiger partial charge on any atom is 0.124 e. The van der Waals surface area contributed by atoms with Gasteiger partial charge in [-0.2, -0.15) is 5.26 Å². The molecule has 0 bridgehead atoms. The summed E-state index contributed by atoms with van der Waals surface area (Å²) >= 11 is 0. The Bertz CT molecular complexity index is 426. The molecule has 4 heteroatoms. The summed E-state index contributed by atoms with van der Waals surface area (Å²) in [6.07, 6.45) is 0.696. The first-order chi connectivity index (χ1) is 8.58. The van der Waals surface area contributed by atoms with Crippen LogP contribution in [0.3, 0.4) is 0 Å². The lowest BCUT2D eigenvalue weighted by atomic mass is 10.1. The maximum absolute atomic E-state index is 13.0. The highest BCUT2D eigenvalue weighted by Crippen LogP contribution is 2.15. The molecule has 0 saturated heterocycles. The Hall–Kier alpha value is -1.44. The minimum Gasteiger partial charge on any atom is -0.396 e. The van der Waals surface area contributed by atoms with Gasteiger partial charge in [0.1, 0.15) is 5.82 Å². The molecule has 98 valence electrons. The van der Waals surface area contributed by atoms with Crippen molar-refractivity contribution < 1.29 is 9.50 Å². The van der Waals surface area contributed by atoms with Gasteiger partial charge in [-0.3, -0.25) is 4.90 Å². The number of nitrogens with zero attached hydrogens (tertiary/aromatic N) is 2. The number of aliphatic hydroxyl groups excluding tert-OH is 1. The molecule has 3 nitrogen and oxygen atoms in total. The van der Waals surface area contributed by atoms with Gasteiger partial charge in [-0.1, -0.05) is 6.07 Å². The molecule has 0 atom stereocenters. The van der Waals surface area contributed by atoms with E-state index in [1.165, 1.54) is 12.1 Å². The third kappa shape index (κ3) is 4.10. The lowest BCUT2D eigenvalue weighted by Crippen LogP contribution is -2.32. The van der Waals surface area contributed by atoms with Gasteiger partial charge in [0.05, 0.1) is 11.6 Å². The predicted octanol–water partition coefficient (Wildman–Crippen LogP) is 2.29. The first kappa shape index (κ1) is 14.6.